The van der Waals surface area contributed by atoms with Crippen molar-refractivity contribution in [1.29, 1.82) is 0 Å². The molecule has 34 heavy (non-hydrogen) atoms. The molecule has 174 valence electrons. The molecule has 8 nitrogen and oxygen atoms in total. The number of carbonyl (C=O) groups is 4. The van der Waals surface area contributed by atoms with E-state index in [1.807, 2.05) is 6.07 Å². The number of ketones is 1. The topological polar surface area (TPSA) is 108 Å². The van der Waals surface area contributed by atoms with Gasteiger partial charge >= 0.3 is 0 Å². The number of carbonyl (C=O) groups excluding carboxylic acids is 4. The van der Waals surface area contributed by atoms with Gasteiger partial charge in [-0.25, -0.2) is 4.39 Å². The Morgan fingerprint density at radius 1 is 1.00 bits per heavy atom. The van der Waals surface area contributed by atoms with Crippen LogP contribution in [0, 0.1) is 5.82 Å². The second-order valence-corrected chi connectivity index (χ2v) is 7.98. The molecule has 0 unspecified atom stereocenters. The van der Waals surface area contributed by atoms with E-state index in [-0.39, 0.29) is 13.1 Å². The highest BCUT2D eigenvalue weighted by Gasteiger charge is 2.37. The summed E-state index contributed by atoms with van der Waals surface area (Å²) in [6.07, 6.45) is 2.48. The number of Topliss-reactive ketones (excluding diaryl/α,β-unsaturated/α-hetero) is 1. The molecule has 0 spiro atoms. The summed E-state index contributed by atoms with van der Waals surface area (Å²) in [6.45, 7) is 0.104. The quantitative estimate of drug-likeness (QED) is 0.522. The largest absolute Gasteiger partial charge is 0.345 e. The van der Waals surface area contributed by atoms with Crippen LogP contribution in [0.2, 0.25) is 0 Å². The van der Waals surface area contributed by atoms with E-state index < -0.39 is 35.4 Å². The van der Waals surface area contributed by atoms with Crippen LogP contribution in [0.5, 0.6) is 0 Å². The van der Waals surface area contributed by atoms with Crippen LogP contribution < -0.4 is 10.6 Å². The van der Waals surface area contributed by atoms with Crippen molar-refractivity contribution >= 4 is 34.4 Å². The second kappa shape index (κ2) is 10.2. The third-order valence-corrected chi connectivity index (χ3v) is 5.76. The van der Waals surface area contributed by atoms with E-state index >= 15 is 0 Å². The second-order valence-electron chi connectivity index (χ2n) is 7.98. The van der Waals surface area contributed by atoms with Gasteiger partial charge in [-0.15, -0.1) is 0 Å². The Morgan fingerprint density at radius 2 is 1.76 bits per heavy atom. The van der Waals surface area contributed by atoms with Crippen molar-refractivity contribution in [1.82, 2.24) is 20.5 Å². The van der Waals surface area contributed by atoms with Crippen LogP contribution in [0.1, 0.15) is 28.8 Å². The molecule has 1 saturated heterocycles. The Bertz CT molecular complexity index is 1240. The van der Waals surface area contributed by atoms with Gasteiger partial charge in [-0.05, 0) is 42.7 Å². The Kier molecular flexibility index (Phi) is 6.91. The highest BCUT2D eigenvalue weighted by molar-refractivity contribution is 6.38. The summed E-state index contributed by atoms with van der Waals surface area (Å²) in [5.41, 5.74) is 1.71. The van der Waals surface area contributed by atoms with Crippen LogP contribution in [-0.2, 0) is 20.9 Å². The predicted molar refractivity (Wildman–Crippen MR) is 122 cm³/mol. The monoisotopic (exact) mass is 462 g/mol. The first kappa shape index (κ1) is 23.0. The lowest BCUT2D eigenvalue weighted by Crippen LogP contribution is -2.49. The molecule has 3 amide bonds. The minimum Gasteiger partial charge on any atom is -0.345 e. The first-order valence-electron chi connectivity index (χ1n) is 10.9. The van der Waals surface area contributed by atoms with Crippen molar-refractivity contribution in [2.24, 2.45) is 0 Å². The summed E-state index contributed by atoms with van der Waals surface area (Å²) in [7, 11) is 0. The van der Waals surface area contributed by atoms with Gasteiger partial charge in [0, 0.05) is 24.7 Å². The number of para-hydroxylation sites is 1. The van der Waals surface area contributed by atoms with Gasteiger partial charge in [0.15, 0.2) is 0 Å². The van der Waals surface area contributed by atoms with Crippen LogP contribution in [0.25, 0.3) is 10.9 Å². The van der Waals surface area contributed by atoms with Crippen LogP contribution in [0.3, 0.4) is 0 Å². The summed E-state index contributed by atoms with van der Waals surface area (Å²) >= 11 is 0. The molecule has 2 heterocycles. The summed E-state index contributed by atoms with van der Waals surface area (Å²) in [5, 5.41) is 5.79. The van der Waals surface area contributed by atoms with Gasteiger partial charge in [0.25, 0.3) is 11.8 Å². The summed E-state index contributed by atoms with van der Waals surface area (Å²) in [5.74, 6) is -2.77. The fourth-order valence-corrected chi connectivity index (χ4v) is 4.01. The van der Waals surface area contributed by atoms with Gasteiger partial charge in [-0.1, -0.05) is 30.3 Å². The number of likely N-dealkylation sites (tertiary alicyclic amines) is 1. The number of amides is 3. The first-order valence-corrected chi connectivity index (χ1v) is 10.9. The molecular weight excluding hydrogens is 439 g/mol. The van der Waals surface area contributed by atoms with Crippen LogP contribution >= 0.6 is 0 Å². The van der Waals surface area contributed by atoms with Crippen molar-refractivity contribution < 1.29 is 23.6 Å². The normalized spacial score (nSPS) is 15.2. The number of hydrogen-bond acceptors (Lipinski definition) is 5. The molecule has 0 aliphatic carbocycles. The zero-order valence-corrected chi connectivity index (χ0v) is 18.3. The minimum atomic E-state index is -0.876. The fourth-order valence-electron chi connectivity index (χ4n) is 4.01. The maximum absolute atomic E-state index is 13.0. The van der Waals surface area contributed by atoms with Crippen LogP contribution in [0.15, 0.2) is 60.8 Å². The van der Waals surface area contributed by atoms with Crippen LogP contribution in [0.4, 0.5) is 4.39 Å². The molecule has 0 saturated carbocycles. The molecule has 4 rings (SSSR count). The summed E-state index contributed by atoms with van der Waals surface area (Å²) < 4.78 is 13.0. The molecular formula is C25H23FN4O4. The maximum Gasteiger partial charge on any atom is 0.289 e. The molecule has 0 bridgehead atoms. The number of halogens is 1. The Morgan fingerprint density at radius 3 is 2.56 bits per heavy atom. The molecule has 2 N–H and O–H groups in total. The molecule has 1 aliphatic heterocycles. The smallest absolute Gasteiger partial charge is 0.289 e. The summed E-state index contributed by atoms with van der Waals surface area (Å²) in [4.78, 5) is 56.1. The number of pyridine rings is 1. The van der Waals surface area contributed by atoms with Crippen molar-refractivity contribution in [2.75, 3.05) is 13.1 Å². The van der Waals surface area contributed by atoms with Crippen molar-refractivity contribution in [3.8, 4) is 0 Å². The average molecular weight is 462 g/mol. The lowest BCUT2D eigenvalue weighted by molar-refractivity contribution is -0.144. The van der Waals surface area contributed by atoms with E-state index in [4.69, 9.17) is 0 Å². The Hall–Kier alpha value is -4.14. The standard InChI is InChI=1S/C25H23FN4O4/c26-17-9-7-16(8-10-17)14-28-25(34)23(32)21-6-3-13-30(21)22(31)15-29-24(33)19-11-12-27-20-5-2-1-4-18(19)20/h1-2,4-5,7-12,21H,3,6,13-15H2,(H,28,34)(H,29,33)/t21-/m0/s1. The van der Waals surface area contributed by atoms with Gasteiger partial charge in [0.1, 0.15) is 11.9 Å². The van der Waals surface area contributed by atoms with Gasteiger partial charge in [-0.2, -0.15) is 0 Å². The predicted octanol–water partition coefficient (Wildman–Crippen LogP) is 1.98. The first-order chi connectivity index (χ1) is 16.4. The lowest BCUT2D eigenvalue weighted by atomic mass is 10.1. The van der Waals surface area contributed by atoms with E-state index in [1.54, 1.807) is 24.3 Å². The van der Waals surface area contributed by atoms with Crippen molar-refractivity contribution in [2.45, 2.75) is 25.4 Å². The van der Waals surface area contributed by atoms with E-state index in [1.165, 1.54) is 35.4 Å². The van der Waals surface area contributed by atoms with E-state index in [0.717, 1.165) is 0 Å². The van der Waals surface area contributed by atoms with Gasteiger partial charge in [0.05, 0.1) is 17.6 Å². The molecule has 3 aromatic rings. The average Bonchev–Trinajstić information content (AvgIpc) is 3.36. The van der Waals surface area contributed by atoms with Crippen LogP contribution in [-0.4, -0.2) is 52.5 Å². The number of benzene rings is 2. The molecule has 1 aromatic heterocycles. The lowest BCUT2D eigenvalue weighted by Gasteiger charge is -2.23. The van der Waals surface area contributed by atoms with Crippen molar-refractivity contribution in [3.63, 3.8) is 0 Å². The number of nitrogens with zero attached hydrogens (tertiary/aromatic N) is 2. The van der Waals surface area contributed by atoms with Crippen molar-refractivity contribution in [3.05, 3.63) is 77.7 Å². The number of nitrogens with one attached hydrogen (secondary N) is 2. The molecule has 9 heteroatoms. The fraction of sp³-hybridized carbons (Fsp3) is 0.240. The number of rotatable bonds is 7. The van der Waals surface area contributed by atoms with Gasteiger partial charge in [0.2, 0.25) is 11.7 Å². The van der Waals surface area contributed by atoms with E-state index in [2.05, 4.69) is 15.6 Å². The minimum absolute atomic E-state index is 0.0709. The van der Waals surface area contributed by atoms with Gasteiger partial charge in [-0.3, -0.25) is 24.2 Å². The number of aromatic nitrogens is 1. The molecule has 1 fully saturated rings. The molecule has 2 aromatic carbocycles. The highest BCUT2D eigenvalue weighted by atomic mass is 19.1. The third-order valence-electron chi connectivity index (χ3n) is 5.76. The molecule has 1 aliphatic rings. The number of hydrogen-bond donors (Lipinski definition) is 2. The third kappa shape index (κ3) is 5.09. The Labute approximate surface area is 195 Å². The summed E-state index contributed by atoms with van der Waals surface area (Å²) in [6, 6.07) is 13.5. The van der Waals surface area contributed by atoms with E-state index in [9.17, 15) is 23.6 Å². The highest BCUT2D eigenvalue weighted by Crippen LogP contribution is 2.19. The SMILES string of the molecule is O=C(NCc1ccc(F)cc1)C(=O)[C@@H]1CCCN1C(=O)CNC(=O)c1ccnc2ccccc12. The molecule has 1 atom stereocenters. The zero-order chi connectivity index (χ0) is 24.1. The number of fused-ring (bicyclic) bond motifs is 1. The van der Waals surface area contributed by atoms with E-state index in [0.29, 0.717) is 41.4 Å². The Balaban J connectivity index is 1.34. The molecule has 0 radical (unpaired) electrons. The van der Waals surface area contributed by atoms with Gasteiger partial charge < -0.3 is 15.5 Å². The zero-order valence-electron chi connectivity index (χ0n) is 18.3. The maximum atomic E-state index is 13.0.